The van der Waals surface area contributed by atoms with Crippen LogP contribution >= 0.6 is 11.3 Å². The SMILES string of the molecule is O=C(NCCn1cc(-c2ccncc2)c(-c2cccs2)n1)C1CCCC1. The highest BCUT2D eigenvalue weighted by atomic mass is 32.1. The van der Waals surface area contributed by atoms with Crippen LogP contribution in [0.3, 0.4) is 0 Å². The molecule has 5 nitrogen and oxygen atoms in total. The quantitative estimate of drug-likeness (QED) is 0.718. The van der Waals surface area contributed by atoms with Crippen LogP contribution in [0.4, 0.5) is 0 Å². The van der Waals surface area contributed by atoms with Crippen LogP contribution in [0.5, 0.6) is 0 Å². The van der Waals surface area contributed by atoms with Crippen molar-refractivity contribution in [3.8, 4) is 21.7 Å². The van der Waals surface area contributed by atoms with Crippen LogP contribution in [0.25, 0.3) is 21.7 Å². The first-order valence-corrected chi connectivity index (χ1v) is 9.98. The molecule has 26 heavy (non-hydrogen) atoms. The first-order chi connectivity index (χ1) is 12.8. The zero-order chi connectivity index (χ0) is 17.8. The van der Waals surface area contributed by atoms with Crippen molar-refractivity contribution in [2.24, 2.45) is 5.92 Å². The maximum absolute atomic E-state index is 12.2. The van der Waals surface area contributed by atoms with Crippen LogP contribution in [0.2, 0.25) is 0 Å². The van der Waals surface area contributed by atoms with Gasteiger partial charge in [-0.25, -0.2) is 0 Å². The maximum atomic E-state index is 12.2. The van der Waals surface area contributed by atoms with Gasteiger partial charge in [0.2, 0.25) is 5.91 Å². The molecule has 0 aliphatic heterocycles. The summed E-state index contributed by atoms with van der Waals surface area (Å²) >= 11 is 1.68. The molecule has 6 heteroatoms. The van der Waals surface area contributed by atoms with Crippen molar-refractivity contribution in [3.63, 3.8) is 0 Å². The third-order valence-corrected chi connectivity index (χ3v) is 5.75. The number of carbonyl (C=O) groups excluding carboxylic acids is 1. The minimum absolute atomic E-state index is 0.197. The summed E-state index contributed by atoms with van der Waals surface area (Å²) in [7, 11) is 0. The van der Waals surface area contributed by atoms with Crippen molar-refractivity contribution in [1.29, 1.82) is 0 Å². The number of hydrogen-bond acceptors (Lipinski definition) is 4. The minimum Gasteiger partial charge on any atom is -0.354 e. The summed E-state index contributed by atoms with van der Waals surface area (Å²) in [5.41, 5.74) is 3.18. The second-order valence-corrected chi connectivity index (χ2v) is 7.59. The Hall–Kier alpha value is -2.47. The molecule has 3 heterocycles. The highest BCUT2D eigenvalue weighted by molar-refractivity contribution is 7.13. The molecule has 134 valence electrons. The molecule has 1 amide bonds. The van der Waals surface area contributed by atoms with Crippen LogP contribution in [0.15, 0.2) is 48.2 Å². The fourth-order valence-electron chi connectivity index (χ4n) is 3.50. The summed E-state index contributed by atoms with van der Waals surface area (Å²) in [6, 6.07) is 8.13. The molecular weight excluding hydrogens is 344 g/mol. The molecule has 0 saturated heterocycles. The van der Waals surface area contributed by atoms with Gasteiger partial charge in [-0.2, -0.15) is 5.10 Å². The Morgan fingerprint density at radius 2 is 2.04 bits per heavy atom. The number of amides is 1. The molecule has 0 spiro atoms. The summed E-state index contributed by atoms with van der Waals surface area (Å²) in [6.45, 7) is 1.28. The molecule has 3 aromatic rings. The lowest BCUT2D eigenvalue weighted by Crippen LogP contribution is -2.32. The summed E-state index contributed by atoms with van der Waals surface area (Å²) in [6.07, 6.45) is 10.1. The molecule has 0 atom stereocenters. The van der Waals surface area contributed by atoms with Gasteiger partial charge in [0.1, 0.15) is 5.69 Å². The van der Waals surface area contributed by atoms with Crippen LogP contribution in [-0.2, 0) is 11.3 Å². The number of rotatable bonds is 6. The van der Waals surface area contributed by atoms with Crippen molar-refractivity contribution >= 4 is 17.2 Å². The van der Waals surface area contributed by atoms with Gasteiger partial charge in [0, 0.05) is 36.6 Å². The molecule has 3 aromatic heterocycles. The Bertz CT molecular complexity index is 851. The Kier molecular flexibility index (Phi) is 5.11. The van der Waals surface area contributed by atoms with E-state index < -0.39 is 0 Å². The number of thiophene rings is 1. The Balaban J connectivity index is 1.49. The van der Waals surface area contributed by atoms with E-state index in [-0.39, 0.29) is 11.8 Å². The van der Waals surface area contributed by atoms with E-state index in [4.69, 9.17) is 5.10 Å². The molecule has 1 aliphatic carbocycles. The van der Waals surface area contributed by atoms with Crippen LogP contribution in [-0.4, -0.2) is 27.2 Å². The second kappa shape index (κ2) is 7.83. The highest BCUT2D eigenvalue weighted by Crippen LogP contribution is 2.33. The maximum Gasteiger partial charge on any atom is 0.223 e. The van der Waals surface area contributed by atoms with Crippen molar-refractivity contribution < 1.29 is 4.79 Å². The lowest BCUT2D eigenvalue weighted by molar-refractivity contribution is -0.124. The van der Waals surface area contributed by atoms with Crippen LogP contribution in [0.1, 0.15) is 25.7 Å². The first kappa shape index (κ1) is 17.0. The molecule has 1 saturated carbocycles. The van der Waals surface area contributed by atoms with Gasteiger partial charge in [-0.05, 0) is 42.0 Å². The van der Waals surface area contributed by atoms with E-state index in [2.05, 4.69) is 27.9 Å². The number of nitrogens with zero attached hydrogens (tertiary/aromatic N) is 3. The Morgan fingerprint density at radius 3 is 2.77 bits per heavy atom. The van der Waals surface area contributed by atoms with E-state index in [1.165, 1.54) is 12.8 Å². The topological polar surface area (TPSA) is 59.8 Å². The van der Waals surface area contributed by atoms with E-state index >= 15 is 0 Å². The predicted molar refractivity (Wildman–Crippen MR) is 104 cm³/mol. The molecule has 1 fully saturated rings. The molecule has 4 rings (SSSR count). The third-order valence-electron chi connectivity index (χ3n) is 4.87. The lowest BCUT2D eigenvalue weighted by Gasteiger charge is -2.10. The van der Waals surface area contributed by atoms with Crippen molar-refractivity contribution in [2.75, 3.05) is 6.54 Å². The van der Waals surface area contributed by atoms with E-state index in [9.17, 15) is 4.79 Å². The molecule has 0 unspecified atom stereocenters. The third kappa shape index (κ3) is 3.70. The standard InChI is InChI=1S/C20H22N4OS/c25-20(16-4-1-2-5-16)22-11-12-24-14-17(15-7-9-21-10-8-15)19(23-24)18-6-3-13-26-18/h3,6-10,13-14,16H,1-2,4-5,11-12H2,(H,22,25). The van der Waals surface area contributed by atoms with Gasteiger partial charge < -0.3 is 5.32 Å². The average Bonchev–Trinajstić information content (AvgIpc) is 3.42. The zero-order valence-electron chi connectivity index (χ0n) is 14.6. The van der Waals surface area contributed by atoms with Crippen molar-refractivity contribution in [1.82, 2.24) is 20.1 Å². The van der Waals surface area contributed by atoms with Crippen molar-refractivity contribution in [3.05, 3.63) is 48.2 Å². The Labute approximate surface area is 157 Å². The number of carbonyl (C=O) groups is 1. The Morgan fingerprint density at radius 1 is 1.23 bits per heavy atom. The fourth-order valence-corrected chi connectivity index (χ4v) is 4.22. The van der Waals surface area contributed by atoms with Gasteiger partial charge in [-0.1, -0.05) is 18.9 Å². The number of pyridine rings is 1. The molecular formula is C20H22N4OS. The van der Waals surface area contributed by atoms with Crippen LogP contribution < -0.4 is 5.32 Å². The summed E-state index contributed by atoms with van der Waals surface area (Å²) in [5, 5.41) is 9.91. The fraction of sp³-hybridized carbons (Fsp3) is 0.350. The van der Waals surface area contributed by atoms with Crippen molar-refractivity contribution in [2.45, 2.75) is 32.2 Å². The lowest BCUT2D eigenvalue weighted by atomic mass is 10.1. The van der Waals surface area contributed by atoms with E-state index in [1.807, 2.05) is 22.9 Å². The summed E-state index contributed by atoms with van der Waals surface area (Å²) in [5.74, 6) is 0.407. The molecule has 0 radical (unpaired) electrons. The van der Waals surface area contributed by atoms with Gasteiger partial charge in [0.05, 0.1) is 11.4 Å². The van der Waals surface area contributed by atoms with Gasteiger partial charge >= 0.3 is 0 Å². The van der Waals surface area contributed by atoms with Crippen LogP contribution in [0, 0.1) is 5.92 Å². The smallest absolute Gasteiger partial charge is 0.223 e. The monoisotopic (exact) mass is 366 g/mol. The number of aromatic nitrogens is 3. The second-order valence-electron chi connectivity index (χ2n) is 6.64. The van der Waals surface area contributed by atoms with E-state index in [0.29, 0.717) is 13.1 Å². The molecule has 1 N–H and O–H groups in total. The number of nitrogens with one attached hydrogen (secondary N) is 1. The van der Waals surface area contributed by atoms with Gasteiger partial charge in [0.25, 0.3) is 0 Å². The largest absolute Gasteiger partial charge is 0.354 e. The summed E-state index contributed by atoms with van der Waals surface area (Å²) in [4.78, 5) is 17.4. The van der Waals surface area contributed by atoms with E-state index in [1.54, 1.807) is 23.7 Å². The normalized spacial score (nSPS) is 14.6. The molecule has 1 aliphatic rings. The first-order valence-electron chi connectivity index (χ1n) is 9.11. The van der Waals surface area contributed by atoms with Gasteiger partial charge in [-0.15, -0.1) is 11.3 Å². The predicted octanol–water partition coefficient (Wildman–Crippen LogP) is 3.98. The highest BCUT2D eigenvalue weighted by Gasteiger charge is 2.22. The van der Waals surface area contributed by atoms with Gasteiger partial charge in [0.15, 0.2) is 0 Å². The minimum atomic E-state index is 0.197. The van der Waals surface area contributed by atoms with E-state index in [0.717, 1.165) is 34.5 Å². The molecule has 0 aromatic carbocycles. The molecule has 0 bridgehead atoms. The zero-order valence-corrected chi connectivity index (χ0v) is 15.4. The van der Waals surface area contributed by atoms with Gasteiger partial charge in [-0.3, -0.25) is 14.5 Å². The number of hydrogen-bond donors (Lipinski definition) is 1. The average molecular weight is 366 g/mol. The summed E-state index contributed by atoms with van der Waals surface area (Å²) < 4.78 is 1.93.